The molecule has 0 radical (unpaired) electrons. The van der Waals surface area contributed by atoms with Crippen molar-refractivity contribution in [1.82, 2.24) is 56.1 Å². The number of carbonyl (C=O) groups is 10. The van der Waals surface area contributed by atoms with E-state index in [1.54, 1.807) is 103 Å². The Morgan fingerprint density at radius 3 is 1.36 bits per heavy atom. The van der Waals surface area contributed by atoms with Crippen LogP contribution in [0.25, 0.3) is 18.2 Å². The third-order valence-corrected chi connectivity index (χ3v) is 14.2. The van der Waals surface area contributed by atoms with Crippen LogP contribution < -0.4 is 21.3 Å². The van der Waals surface area contributed by atoms with Crippen LogP contribution in [0.5, 0.6) is 0 Å². The lowest BCUT2D eigenvalue weighted by Gasteiger charge is -2.24. The van der Waals surface area contributed by atoms with E-state index < -0.39 is 26.6 Å². The van der Waals surface area contributed by atoms with E-state index in [0.29, 0.717) is 43.9 Å². The van der Waals surface area contributed by atoms with Gasteiger partial charge in [-0.2, -0.15) is 0 Å². The number of carboxylic acids is 1. The molecule has 0 aromatic carbocycles. The Labute approximate surface area is 540 Å². The molecule has 0 saturated carbocycles. The molecular formula is C56H67Br5ClN11O12. The zero-order chi connectivity index (χ0) is 64.0. The molecule has 3 aromatic heterocycles. The van der Waals surface area contributed by atoms with E-state index in [1.807, 2.05) is 12.2 Å². The topological polar surface area (TPSA) is 329 Å². The minimum absolute atomic E-state index is 0.00347. The number of alkyl halides is 2. The molecule has 8 heterocycles. The van der Waals surface area contributed by atoms with Gasteiger partial charge >= 0.3 is 17.9 Å². The van der Waals surface area contributed by atoms with Gasteiger partial charge in [0.15, 0.2) is 20.7 Å². The molecule has 6 amide bonds. The number of nitrogens with zero attached hydrogens (tertiary/aromatic N) is 7. The molecule has 460 valence electrons. The summed E-state index contributed by atoms with van der Waals surface area (Å²) in [6.07, 6.45) is 29.9. The van der Waals surface area contributed by atoms with Crippen LogP contribution in [0.4, 0.5) is 0 Å². The predicted octanol–water partition coefficient (Wildman–Crippen LogP) is 8.74. The summed E-state index contributed by atoms with van der Waals surface area (Å²) in [6.45, 7) is 14.0. The summed E-state index contributed by atoms with van der Waals surface area (Å²) >= 11 is 21.0. The first-order valence-electron chi connectivity index (χ1n) is 25.9. The second kappa shape index (κ2) is 41.7. The molecule has 3 aromatic rings. The Kier molecular flexibility index (Phi) is 37.6. The van der Waals surface area contributed by atoms with Crippen molar-refractivity contribution < 1.29 is 57.8 Å². The highest BCUT2D eigenvalue weighted by molar-refractivity contribution is 9.26. The minimum Gasteiger partial charge on any atom is -0.478 e. The number of ether oxygens (including phenoxy) is 1. The highest BCUT2D eigenvalue weighted by Gasteiger charge is 2.34. The van der Waals surface area contributed by atoms with E-state index in [4.69, 9.17) is 16.7 Å². The fourth-order valence-corrected chi connectivity index (χ4v) is 7.47. The fourth-order valence-electron chi connectivity index (χ4n) is 5.45. The van der Waals surface area contributed by atoms with Gasteiger partial charge in [0.25, 0.3) is 23.6 Å². The number of aromatic nitrogens is 6. The summed E-state index contributed by atoms with van der Waals surface area (Å²) in [6, 6.07) is 5.02. The van der Waals surface area contributed by atoms with Crippen LogP contribution in [0.3, 0.4) is 0 Å². The van der Waals surface area contributed by atoms with Gasteiger partial charge in [-0.25, -0.2) is 39.5 Å². The van der Waals surface area contributed by atoms with Gasteiger partial charge < -0.3 is 31.1 Å². The number of hydrogen-bond acceptors (Lipinski definition) is 17. The SMILES string of the molecule is CC(C)(C)C(=O)Cl.CC(C)(C)C(=O)OC(=O)/C=C/c1ncccn1.O=C(/C=C/c1ncccn1)N1CCC=C(Br)C1=O.O=C(O)/C=C/c1ncccn1.O=C1CCCCN1.O=C1NCCC=C1Br.O=C1NCCC=C1Br.O=C1NCCCC1(Br)Br. The Hall–Kier alpha value is -6.33. The van der Waals surface area contributed by atoms with E-state index in [2.05, 4.69) is 136 Å². The van der Waals surface area contributed by atoms with E-state index >= 15 is 0 Å². The zero-order valence-electron chi connectivity index (χ0n) is 47.4. The number of rotatable bonds is 6. The third kappa shape index (κ3) is 36.3. The quantitative estimate of drug-likeness (QED) is 0.0506. The molecule has 0 unspecified atom stereocenters. The van der Waals surface area contributed by atoms with Gasteiger partial charge in [0.05, 0.1) is 18.9 Å². The molecule has 0 atom stereocenters. The Morgan fingerprint density at radius 1 is 0.600 bits per heavy atom. The molecule has 0 spiro atoms. The second-order valence-electron chi connectivity index (χ2n) is 19.3. The lowest BCUT2D eigenvalue weighted by atomic mass is 9.97. The molecule has 0 aliphatic carbocycles. The molecule has 2 fully saturated rings. The van der Waals surface area contributed by atoms with Gasteiger partial charge in [0.1, 0.15) is 0 Å². The highest BCUT2D eigenvalue weighted by atomic mass is 79.9. The Balaban J connectivity index is 0.000000499. The standard InChI is InChI=1S/C12H10BrN3O2.C12H14N2O3.C7H6N2O2.C5H7Br2NO.2C5H6BrNO.C5H9ClO.C5H9NO/c13-9-3-1-8-16(12(9)18)11(17)5-4-10-14-6-2-7-15-10;1-12(2,3)11(16)17-10(15)6-5-9-13-7-4-8-14-9;10-7(11)3-2-6-8-4-1-5-9-6;6-5(7)2-1-3-8-4(5)9;2*6-4-2-1-3-7-5(4)8;1-5(2,3)4(6)7;7-5-3-1-2-4-6-5/h2-7H,1,8H2;4-8H,1-3H3;1-5H,(H,10,11);1-3H2,(H,8,9);2*2H,1,3H2,(H,7,8);1-3H3;1-4H2,(H,6,7)/b5-4+;6-5+;3-2+;;;;;. The summed E-state index contributed by atoms with van der Waals surface area (Å²) in [5.41, 5.74) is -1.08. The fraction of sp³-hybridized carbons (Fsp3) is 0.393. The normalized spacial score (nSPS) is 16.1. The number of carboxylic acid groups (broad SMARTS) is 1. The smallest absolute Gasteiger partial charge is 0.338 e. The summed E-state index contributed by atoms with van der Waals surface area (Å²) in [5.74, 6) is -1.52. The van der Waals surface area contributed by atoms with E-state index in [-0.39, 0.29) is 46.1 Å². The summed E-state index contributed by atoms with van der Waals surface area (Å²) in [5, 5.41) is 18.8. The van der Waals surface area contributed by atoms with E-state index in [9.17, 15) is 47.9 Å². The van der Waals surface area contributed by atoms with Crippen LogP contribution in [0.1, 0.15) is 110 Å². The Bertz CT molecular complexity index is 2860. The zero-order valence-corrected chi connectivity index (χ0v) is 56.1. The van der Waals surface area contributed by atoms with Crippen molar-refractivity contribution >= 4 is 168 Å². The first-order valence-corrected chi connectivity index (χ1v) is 30.2. The van der Waals surface area contributed by atoms with E-state index in [0.717, 1.165) is 83.3 Å². The number of aliphatic carboxylic acids is 1. The van der Waals surface area contributed by atoms with Crippen molar-refractivity contribution in [3.05, 3.63) is 123 Å². The third-order valence-electron chi connectivity index (χ3n) is 10.0. The van der Waals surface area contributed by atoms with Crippen molar-refractivity contribution in [2.24, 2.45) is 10.8 Å². The van der Waals surface area contributed by atoms with Crippen molar-refractivity contribution in [1.29, 1.82) is 0 Å². The maximum absolute atomic E-state index is 11.8. The molecule has 5 aliphatic heterocycles. The van der Waals surface area contributed by atoms with Crippen LogP contribution in [0.15, 0.2) is 105 Å². The molecule has 2 saturated heterocycles. The van der Waals surface area contributed by atoms with Crippen molar-refractivity contribution in [2.45, 2.75) is 96.1 Å². The molecule has 8 rings (SSSR count). The molecule has 23 nitrogen and oxygen atoms in total. The summed E-state index contributed by atoms with van der Waals surface area (Å²) < 4.78 is 5.86. The molecule has 0 bridgehead atoms. The number of esters is 2. The maximum Gasteiger partial charge on any atom is 0.338 e. The first kappa shape index (κ1) is 76.7. The van der Waals surface area contributed by atoms with Crippen LogP contribution in [-0.4, -0.2) is 134 Å². The van der Waals surface area contributed by atoms with Gasteiger partial charge in [-0.05, 0) is 162 Å². The van der Waals surface area contributed by atoms with Crippen molar-refractivity contribution in [3.63, 3.8) is 0 Å². The molecule has 29 heteroatoms. The van der Waals surface area contributed by atoms with E-state index in [1.165, 1.54) is 29.2 Å². The summed E-state index contributed by atoms with van der Waals surface area (Å²) in [4.78, 5) is 133. The monoisotopic (exact) mass is 1520 g/mol. The minimum atomic E-state index is -1.00. The summed E-state index contributed by atoms with van der Waals surface area (Å²) in [7, 11) is 0. The van der Waals surface area contributed by atoms with Gasteiger partial charge in [-0.1, -0.05) is 70.9 Å². The van der Waals surface area contributed by atoms with Gasteiger partial charge in [0.2, 0.25) is 17.1 Å². The predicted molar refractivity (Wildman–Crippen MR) is 339 cm³/mol. The van der Waals surface area contributed by atoms with Crippen molar-refractivity contribution in [2.75, 3.05) is 32.7 Å². The number of amides is 6. The molecule has 85 heavy (non-hydrogen) atoms. The van der Waals surface area contributed by atoms with Crippen LogP contribution in [0, 0.1) is 10.8 Å². The first-order chi connectivity index (χ1) is 39.9. The maximum atomic E-state index is 11.8. The van der Waals surface area contributed by atoms with Gasteiger partial charge in [-0.3, -0.25) is 43.3 Å². The number of nitrogens with one attached hydrogen (secondary N) is 4. The molecular weight excluding hydrogens is 1450 g/mol. The van der Waals surface area contributed by atoms with Crippen molar-refractivity contribution in [3.8, 4) is 0 Å². The van der Waals surface area contributed by atoms with Crippen LogP contribution in [-0.2, 0) is 52.7 Å². The number of hydrogen-bond donors (Lipinski definition) is 5. The Morgan fingerprint density at radius 2 is 1.04 bits per heavy atom. The number of piperidine rings is 2. The lowest BCUT2D eigenvalue weighted by molar-refractivity contribution is -0.162. The lowest BCUT2D eigenvalue weighted by Crippen LogP contribution is -2.42. The highest BCUT2D eigenvalue weighted by Crippen LogP contribution is 2.33. The molecule has 5 aliphatic rings. The average molecular weight is 1520 g/mol. The average Bonchev–Trinajstić information content (AvgIpc) is 3.54. The number of imide groups is 1. The largest absolute Gasteiger partial charge is 0.478 e. The van der Waals surface area contributed by atoms with Gasteiger partial charge in [0, 0.05) is 100.0 Å². The molecule has 5 N–H and O–H groups in total. The van der Waals surface area contributed by atoms with Crippen LogP contribution in [0.2, 0.25) is 0 Å². The number of carbonyl (C=O) groups excluding carboxylic acids is 9. The van der Waals surface area contributed by atoms with Gasteiger partial charge in [-0.15, -0.1) is 0 Å². The number of halogens is 6. The second-order valence-corrected chi connectivity index (χ2v) is 26.0. The van der Waals surface area contributed by atoms with Crippen LogP contribution >= 0.6 is 91.3 Å².